The topological polar surface area (TPSA) is 72.9 Å². The molecule has 0 fully saturated rings. The van der Waals surface area contributed by atoms with Gasteiger partial charge in [0.25, 0.3) is 5.91 Å². The summed E-state index contributed by atoms with van der Waals surface area (Å²) in [7, 11) is 1.27. The van der Waals surface area contributed by atoms with E-state index in [1.807, 2.05) is 24.3 Å². The van der Waals surface area contributed by atoms with Gasteiger partial charge < -0.3 is 14.4 Å². The first-order chi connectivity index (χ1) is 14.0. The highest BCUT2D eigenvalue weighted by Crippen LogP contribution is 2.24. The fraction of sp³-hybridized carbons (Fsp3) is 0.227. The molecular weight excluding hydrogens is 377 g/mol. The number of ether oxygens (including phenoxy) is 2. The predicted octanol–water partition coefficient (Wildman–Crippen LogP) is 2.51. The summed E-state index contributed by atoms with van der Waals surface area (Å²) in [6.45, 7) is -0.284. The maximum atomic E-state index is 13.2. The number of amides is 1. The Morgan fingerprint density at radius 3 is 2.62 bits per heavy atom. The van der Waals surface area contributed by atoms with Crippen molar-refractivity contribution in [3.05, 3.63) is 77.1 Å². The zero-order valence-electron chi connectivity index (χ0n) is 15.8. The minimum absolute atomic E-state index is 0.228. The van der Waals surface area contributed by atoms with Crippen LogP contribution in [0.5, 0.6) is 0 Å². The fourth-order valence-corrected chi connectivity index (χ4v) is 3.17. The first kappa shape index (κ1) is 20.3. The summed E-state index contributed by atoms with van der Waals surface area (Å²) in [5.74, 6) is -2.18. The van der Waals surface area contributed by atoms with Gasteiger partial charge in [-0.1, -0.05) is 36.4 Å². The molecule has 0 spiro atoms. The highest BCUT2D eigenvalue weighted by Gasteiger charge is 2.35. The molecule has 0 saturated heterocycles. The Balaban J connectivity index is 1.63. The summed E-state index contributed by atoms with van der Waals surface area (Å²) in [6.07, 6.45) is 2.84. The molecule has 3 rings (SSSR count). The van der Waals surface area contributed by atoms with E-state index >= 15 is 0 Å². The molecule has 1 aliphatic rings. The van der Waals surface area contributed by atoms with Crippen molar-refractivity contribution in [2.75, 3.05) is 13.7 Å². The van der Waals surface area contributed by atoms with Crippen molar-refractivity contribution in [2.45, 2.75) is 19.0 Å². The monoisotopic (exact) mass is 397 g/mol. The lowest BCUT2D eigenvalue weighted by Crippen LogP contribution is -2.50. The van der Waals surface area contributed by atoms with Crippen LogP contribution in [0.3, 0.4) is 0 Å². The van der Waals surface area contributed by atoms with E-state index in [1.165, 1.54) is 36.3 Å². The van der Waals surface area contributed by atoms with Gasteiger partial charge >= 0.3 is 11.9 Å². The van der Waals surface area contributed by atoms with Gasteiger partial charge in [-0.05, 0) is 34.9 Å². The van der Waals surface area contributed by atoms with Crippen LogP contribution < -0.4 is 0 Å². The lowest BCUT2D eigenvalue weighted by molar-refractivity contribution is -0.158. The second-order valence-corrected chi connectivity index (χ2v) is 6.53. The average molecular weight is 397 g/mol. The molecule has 0 radical (unpaired) electrons. The molecule has 0 unspecified atom stereocenters. The normalized spacial score (nSPS) is 15.7. The third-order valence-corrected chi connectivity index (χ3v) is 4.64. The summed E-state index contributed by atoms with van der Waals surface area (Å²) in [6, 6.07) is 12.5. The number of hydrogen-bond acceptors (Lipinski definition) is 5. The largest absolute Gasteiger partial charge is 0.467 e. The molecule has 1 heterocycles. The molecule has 6 nitrogen and oxygen atoms in total. The number of esters is 2. The molecule has 1 amide bonds. The smallest absolute Gasteiger partial charge is 0.331 e. The summed E-state index contributed by atoms with van der Waals surface area (Å²) < 4.78 is 23.0. The van der Waals surface area contributed by atoms with Crippen LogP contribution in [0.1, 0.15) is 16.7 Å². The van der Waals surface area contributed by atoms with Crippen molar-refractivity contribution in [1.82, 2.24) is 4.90 Å². The fourth-order valence-electron chi connectivity index (χ4n) is 3.17. The van der Waals surface area contributed by atoms with Crippen LogP contribution in [-0.2, 0) is 36.8 Å². The summed E-state index contributed by atoms with van der Waals surface area (Å²) in [5.41, 5.74) is 2.40. The highest BCUT2D eigenvalue weighted by molar-refractivity contribution is 5.90. The molecule has 2 aromatic carbocycles. The number of fused-ring (bicyclic) bond motifs is 1. The minimum Gasteiger partial charge on any atom is -0.467 e. The third kappa shape index (κ3) is 5.07. The van der Waals surface area contributed by atoms with Crippen molar-refractivity contribution in [3.63, 3.8) is 0 Å². The molecule has 29 heavy (non-hydrogen) atoms. The molecule has 0 bridgehead atoms. The quantitative estimate of drug-likeness (QED) is 0.573. The zero-order valence-corrected chi connectivity index (χ0v) is 15.8. The number of carbonyl (C=O) groups is 3. The van der Waals surface area contributed by atoms with Crippen LogP contribution in [0.25, 0.3) is 6.08 Å². The van der Waals surface area contributed by atoms with Gasteiger partial charge in [-0.15, -0.1) is 0 Å². The number of hydrogen-bond donors (Lipinski definition) is 0. The Bertz CT molecular complexity index is 956. The maximum Gasteiger partial charge on any atom is 0.331 e. The molecule has 0 N–H and O–H groups in total. The Hall–Kier alpha value is -3.48. The van der Waals surface area contributed by atoms with E-state index in [4.69, 9.17) is 9.47 Å². The van der Waals surface area contributed by atoms with Crippen molar-refractivity contribution < 1.29 is 28.2 Å². The van der Waals surface area contributed by atoms with Crippen LogP contribution in [0.15, 0.2) is 54.6 Å². The van der Waals surface area contributed by atoms with Gasteiger partial charge in [-0.3, -0.25) is 4.79 Å². The first-order valence-corrected chi connectivity index (χ1v) is 9.02. The van der Waals surface area contributed by atoms with E-state index in [1.54, 1.807) is 6.07 Å². The van der Waals surface area contributed by atoms with Crippen LogP contribution in [0.2, 0.25) is 0 Å². The Labute approximate surface area is 167 Å². The Kier molecular flexibility index (Phi) is 6.39. The number of methoxy groups -OCH3 is 1. The van der Waals surface area contributed by atoms with Gasteiger partial charge in [0.05, 0.1) is 7.11 Å². The first-order valence-electron chi connectivity index (χ1n) is 9.02. The van der Waals surface area contributed by atoms with Crippen LogP contribution in [0, 0.1) is 5.82 Å². The van der Waals surface area contributed by atoms with Gasteiger partial charge in [0.15, 0.2) is 6.61 Å². The molecule has 1 aliphatic heterocycles. The number of carbonyl (C=O) groups excluding carboxylic acids is 3. The van der Waals surface area contributed by atoms with Crippen molar-refractivity contribution in [1.29, 1.82) is 0 Å². The zero-order chi connectivity index (χ0) is 20.8. The van der Waals surface area contributed by atoms with Gasteiger partial charge in [-0.25, -0.2) is 14.0 Å². The number of benzene rings is 2. The second kappa shape index (κ2) is 9.14. The summed E-state index contributed by atoms with van der Waals surface area (Å²) in [5, 5.41) is 0. The molecule has 0 aromatic heterocycles. The van der Waals surface area contributed by atoms with Crippen LogP contribution in [-0.4, -0.2) is 42.5 Å². The third-order valence-electron chi connectivity index (χ3n) is 4.64. The average Bonchev–Trinajstić information content (AvgIpc) is 2.74. The molecule has 0 saturated carbocycles. The van der Waals surface area contributed by atoms with Gasteiger partial charge in [-0.2, -0.15) is 0 Å². The van der Waals surface area contributed by atoms with Crippen molar-refractivity contribution >= 4 is 23.9 Å². The molecule has 150 valence electrons. The maximum absolute atomic E-state index is 13.2. The van der Waals surface area contributed by atoms with Gasteiger partial charge in [0.2, 0.25) is 0 Å². The highest BCUT2D eigenvalue weighted by atomic mass is 19.1. The van der Waals surface area contributed by atoms with Crippen LogP contribution in [0.4, 0.5) is 4.39 Å². The molecule has 2 aromatic rings. The predicted molar refractivity (Wildman–Crippen MR) is 103 cm³/mol. The van der Waals surface area contributed by atoms with Gasteiger partial charge in [0, 0.05) is 19.0 Å². The van der Waals surface area contributed by atoms with E-state index in [0.717, 1.165) is 17.2 Å². The van der Waals surface area contributed by atoms with Crippen molar-refractivity contribution in [2.24, 2.45) is 0 Å². The number of nitrogens with zero attached hydrogens (tertiary/aromatic N) is 1. The molecule has 0 aliphatic carbocycles. The summed E-state index contributed by atoms with van der Waals surface area (Å²) in [4.78, 5) is 38.0. The molecule has 1 atom stereocenters. The van der Waals surface area contributed by atoms with E-state index in [0.29, 0.717) is 12.0 Å². The van der Waals surface area contributed by atoms with E-state index in [-0.39, 0.29) is 6.54 Å². The Morgan fingerprint density at radius 1 is 1.14 bits per heavy atom. The SMILES string of the molecule is COC(=O)[C@H]1Cc2ccccc2CN1C(=O)COC(=O)/C=C/c1cccc(F)c1. The van der Waals surface area contributed by atoms with Gasteiger partial charge in [0.1, 0.15) is 11.9 Å². The second-order valence-electron chi connectivity index (χ2n) is 6.53. The number of halogens is 1. The lowest BCUT2D eigenvalue weighted by atomic mass is 9.94. The Morgan fingerprint density at radius 2 is 1.90 bits per heavy atom. The van der Waals surface area contributed by atoms with E-state index in [2.05, 4.69) is 0 Å². The van der Waals surface area contributed by atoms with Crippen LogP contribution >= 0.6 is 0 Å². The molecule has 7 heteroatoms. The van der Waals surface area contributed by atoms with Crippen molar-refractivity contribution in [3.8, 4) is 0 Å². The van der Waals surface area contributed by atoms with E-state index < -0.39 is 36.3 Å². The minimum atomic E-state index is -0.774. The lowest BCUT2D eigenvalue weighted by Gasteiger charge is -2.35. The number of rotatable bonds is 5. The summed E-state index contributed by atoms with van der Waals surface area (Å²) >= 11 is 0. The van der Waals surface area contributed by atoms with E-state index in [9.17, 15) is 18.8 Å². The molecular formula is C22H20FNO5. The standard InChI is InChI=1S/C22H20FNO5/c1-28-22(27)19-12-16-6-2-3-7-17(16)13-24(19)20(25)14-29-21(26)10-9-15-5-4-8-18(23)11-15/h2-11,19H,12-14H2,1H3/b10-9+/t19-/m1/s1.